The van der Waals surface area contributed by atoms with Crippen molar-refractivity contribution in [2.75, 3.05) is 6.61 Å². The molecule has 2 N–H and O–H groups in total. The second-order valence-electron chi connectivity index (χ2n) is 6.36. The van der Waals surface area contributed by atoms with Crippen LogP contribution < -0.4 is 5.32 Å². The van der Waals surface area contributed by atoms with Gasteiger partial charge in [-0.25, -0.2) is 0 Å². The zero-order valence-corrected chi connectivity index (χ0v) is 12.6. The maximum atomic E-state index is 12.1. The van der Waals surface area contributed by atoms with E-state index < -0.39 is 0 Å². The Bertz CT molecular complexity index is 564. The van der Waals surface area contributed by atoms with Crippen LogP contribution in [0.1, 0.15) is 30.5 Å². The van der Waals surface area contributed by atoms with E-state index in [0.29, 0.717) is 11.8 Å². The highest BCUT2D eigenvalue weighted by Gasteiger charge is 2.47. The van der Waals surface area contributed by atoms with Crippen molar-refractivity contribution in [3.63, 3.8) is 0 Å². The fourth-order valence-electron chi connectivity index (χ4n) is 3.96. The van der Waals surface area contributed by atoms with Crippen molar-refractivity contribution in [3.05, 3.63) is 23.5 Å². The third kappa shape index (κ3) is 2.62. The minimum atomic E-state index is -0.0748. The van der Waals surface area contributed by atoms with E-state index in [1.165, 1.54) is 12.8 Å². The molecule has 3 rings (SSSR count). The Morgan fingerprint density at radius 1 is 1.52 bits per heavy atom. The number of amides is 1. The molecule has 5 heteroatoms. The van der Waals surface area contributed by atoms with Crippen LogP contribution >= 0.6 is 0 Å². The zero-order chi connectivity index (χ0) is 15.0. The molecule has 2 aliphatic rings. The van der Waals surface area contributed by atoms with E-state index in [0.717, 1.165) is 17.7 Å². The number of rotatable bonds is 4. The lowest BCUT2D eigenvalue weighted by Crippen LogP contribution is -2.44. The van der Waals surface area contributed by atoms with Crippen LogP contribution in [0.3, 0.4) is 0 Å². The van der Waals surface area contributed by atoms with Crippen molar-refractivity contribution in [3.8, 4) is 0 Å². The molecule has 4 unspecified atom stereocenters. The van der Waals surface area contributed by atoms with Crippen molar-refractivity contribution in [1.29, 1.82) is 0 Å². The van der Waals surface area contributed by atoms with Gasteiger partial charge in [-0.15, -0.1) is 0 Å². The van der Waals surface area contributed by atoms with Crippen molar-refractivity contribution in [2.24, 2.45) is 24.8 Å². The Morgan fingerprint density at radius 3 is 2.95 bits per heavy atom. The third-order valence-electron chi connectivity index (χ3n) is 5.30. The van der Waals surface area contributed by atoms with Crippen LogP contribution in [0.25, 0.3) is 6.08 Å². The molecule has 2 saturated carbocycles. The Balaban J connectivity index is 1.63. The van der Waals surface area contributed by atoms with Crippen LogP contribution in [0.5, 0.6) is 0 Å². The monoisotopic (exact) mass is 289 g/mol. The summed E-state index contributed by atoms with van der Waals surface area (Å²) >= 11 is 0. The van der Waals surface area contributed by atoms with E-state index in [1.54, 1.807) is 23.0 Å². The molecule has 1 aromatic rings. The number of aliphatic hydroxyl groups is 1. The van der Waals surface area contributed by atoms with Gasteiger partial charge in [-0.05, 0) is 44.1 Å². The molecule has 2 aliphatic carbocycles. The van der Waals surface area contributed by atoms with Crippen LogP contribution in [0.4, 0.5) is 0 Å². The number of hydrogen-bond donors (Lipinski definition) is 2. The molecular formula is C16H23N3O2. The van der Waals surface area contributed by atoms with Crippen LogP contribution in [0.2, 0.25) is 0 Å². The number of aromatic nitrogens is 2. The molecule has 0 saturated heterocycles. The van der Waals surface area contributed by atoms with Gasteiger partial charge in [0.1, 0.15) is 0 Å². The van der Waals surface area contributed by atoms with Crippen LogP contribution in [-0.2, 0) is 11.8 Å². The molecule has 0 aromatic carbocycles. The van der Waals surface area contributed by atoms with Crippen LogP contribution in [0, 0.1) is 24.7 Å². The van der Waals surface area contributed by atoms with Gasteiger partial charge in [0.25, 0.3) is 0 Å². The number of nitrogens with one attached hydrogen (secondary N) is 1. The molecular weight excluding hydrogens is 266 g/mol. The number of aryl methyl sites for hydroxylation is 1. The van der Waals surface area contributed by atoms with Crippen LogP contribution in [-0.4, -0.2) is 33.4 Å². The fraction of sp³-hybridized carbons (Fsp3) is 0.625. The number of fused-ring (bicyclic) bond motifs is 2. The highest BCUT2D eigenvalue weighted by atomic mass is 16.3. The SMILES string of the molecule is Cc1c(/C=C/C(=O)NC2C3CCC(C3)C2CO)cnn1C. The number of carbonyl (C=O) groups is 1. The second-order valence-corrected chi connectivity index (χ2v) is 6.36. The molecule has 1 aromatic heterocycles. The first-order chi connectivity index (χ1) is 10.1. The summed E-state index contributed by atoms with van der Waals surface area (Å²) in [6.45, 7) is 2.15. The van der Waals surface area contributed by atoms with E-state index in [4.69, 9.17) is 0 Å². The normalized spacial score (nSPS) is 31.2. The van der Waals surface area contributed by atoms with E-state index in [9.17, 15) is 9.90 Å². The maximum Gasteiger partial charge on any atom is 0.244 e. The largest absolute Gasteiger partial charge is 0.396 e. The van der Waals surface area contributed by atoms with Crippen molar-refractivity contribution >= 4 is 12.0 Å². The smallest absolute Gasteiger partial charge is 0.244 e. The summed E-state index contributed by atoms with van der Waals surface area (Å²) in [4.78, 5) is 12.1. The Kier molecular flexibility index (Phi) is 3.85. The summed E-state index contributed by atoms with van der Waals surface area (Å²) in [5, 5.41) is 16.8. The number of aliphatic hydroxyl groups excluding tert-OH is 1. The quantitative estimate of drug-likeness (QED) is 0.820. The molecule has 1 amide bonds. The van der Waals surface area contributed by atoms with E-state index in [-0.39, 0.29) is 24.5 Å². The Hall–Kier alpha value is -1.62. The highest BCUT2D eigenvalue weighted by Crippen LogP contribution is 2.48. The molecule has 4 atom stereocenters. The van der Waals surface area contributed by atoms with Gasteiger partial charge in [-0.1, -0.05) is 0 Å². The van der Waals surface area contributed by atoms with E-state index >= 15 is 0 Å². The molecule has 0 radical (unpaired) electrons. The topological polar surface area (TPSA) is 67.2 Å². The lowest BCUT2D eigenvalue weighted by Gasteiger charge is -2.30. The van der Waals surface area contributed by atoms with Gasteiger partial charge in [0, 0.05) is 42.9 Å². The summed E-state index contributed by atoms with van der Waals surface area (Å²) < 4.78 is 1.79. The van der Waals surface area contributed by atoms with Gasteiger partial charge in [-0.3, -0.25) is 9.48 Å². The lowest BCUT2D eigenvalue weighted by atomic mass is 9.85. The molecule has 5 nitrogen and oxygen atoms in total. The second kappa shape index (κ2) is 5.64. The molecule has 2 bridgehead atoms. The fourth-order valence-corrected chi connectivity index (χ4v) is 3.96. The van der Waals surface area contributed by atoms with Gasteiger partial charge >= 0.3 is 0 Å². The van der Waals surface area contributed by atoms with E-state index in [1.807, 2.05) is 14.0 Å². The van der Waals surface area contributed by atoms with Crippen molar-refractivity contribution in [1.82, 2.24) is 15.1 Å². The van der Waals surface area contributed by atoms with Gasteiger partial charge in [-0.2, -0.15) is 5.10 Å². The highest BCUT2D eigenvalue weighted by molar-refractivity contribution is 5.92. The minimum absolute atomic E-state index is 0.0748. The maximum absolute atomic E-state index is 12.1. The Labute approximate surface area is 125 Å². The minimum Gasteiger partial charge on any atom is -0.396 e. The molecule has 114 valence electrons. The molecule has 0 spiro atoms. The van der Waals surface area contributed by atoms with E-state index in [2.05, 4.69) is 10.4 Å². The first kappa shape index (κ1) is 14.3. The van der Waals surface area contributed by atoms with Gasteiger partial charge in [0.15, 0.2) is 0 Å². The number of carbonyl (C=O) groups excluding carboxylic acids is 1. The summed E-state index contributed by atoms with van der Waals surface area (Å²) in [6, 6.07) is 0.140. The number of nitrogens with zero attached hydrogens (tertiary/aromatic N) is 2. The zero-order valence-electron chi connectivity index (χ0n) is 12.6. The first-order valence-corrected chi connectivity index (χ1v) is 7.68. The van der Waals surface area contributed by atoms with Gasteiger partial charge < -0.3 is 10.4 Å². The molecule has 21 heavy (non-hydrogen) atoms. The summed E-state index contributed by atoms with van der Waals surface area (Å²) in [5.74, 6) is 1.30. The first-order valence-electron chi connectivity index (χ1n) is 7.68. The predicted octanol–water partition coefficient (Wildman–Crippen LogP) is 1.26. The van der Waals surface area contributed by atoms with Crippen molar-refractivity contribution < 1.29 is 9.90 Å². The predicted molar refractivity (Wildman–Crippen MR) is 80.3 cm³/mol. The van der Waals surface area contributed by atoms with Gasteiger partial charge in [0.05, 0.1) is 6.20 Å². The average Bonchev–Trinajstić information content (AvgIpc) is 3.14. The standard InChI is InChI=1S/C16H23N3O2/c1-10-13(8-17-19(10)2)5-6-15(21)18-16-12-4-3-11(7-12)14(16)9-20/h5-6,8,11-12,14,16,20H,3-4,7,9H2,1-2H3,(H,18,21)/b6-5+. The summed E-state index contributed by atoms with van der Waals surface area (Å²) in [6.07, 6.45) is 8.67. The molecule has 0 aliphatic heterocycles. The molecule has 2 fully saturated rings. The van der Waals surface area contributed by atoms with Crippen molar-refractivity contribution in [2.45, 2.75) is 32.2 Å². The van der Waals surface area contributed by atoms with Gasteiger partial charge in [0.2, 0.25) is 5.91 Å². The number of hydrogen-bond acceptors (Lipinski definition) is 3. The van der Waals surface area contributed by atoms with Crippen LogP contribution in [0.15, 0.2) is 12.3 Å². The Morgan fingerprint density at radius 2 is 2.29 bits per heavy atom. The lowest BCUT2D eigenvalue weighted by molar-refractivity contribution is -0.117. The molecule has 1 heterocycles. The summed E-state index contributed by atoms with van der Waals surface area (Å²) in [7, 11) is 1.88. The third-order valence-corrected chi connectivity index (χ3v) is 5.30. The summed E-state index contributed by atoms with van der Waals surface area (Å²) in [5.41, 5.74) is 1.99. The average molecular weight is 289 g/mol.